The highest BCUT2D eigenvalue weighted by molar-refractivity contribution is 6.32. The van der Waals surface area contributed by atoms with E-state index in [0.717, 1.165) is 42.3 Å². The molecule has 2 fully saturated rings. The Morgan fingerprint density at radius 1 is 0.955 bits per heavy atom. The summed E-state index contributed by atoms with van der Waals surface area (Å²) in [4.78, 5) is 9.40. The number of anilines is 1. The zero-order chi connectivity index (χ0) is 14.9. The molecule has 0 bridgehead atoms. The maximum atomic E-state index is 6.28. The quantitative estimate of drug-likeness (QED) is 0.866. The Morgan fingerprint density at radius 2 is 1.68 bits per heavy atom. The van der Waals surface area contributed by atoms with Crippen LogP contribution >= 0.6 is 11.6 Å². The van der Waals surface area contributed by atoms with Gasteiger partial charge in [-0.2, -0.15) is 0 Å². The van der Waals surface area contributed by atoms with Gasteiger partial charge in [0.2, 0.25) is 0 Å². The molecular weight excluding hydrogens is 294 g/mol. The zero-order valence-electron chi connectivity index (χ0n) is 12.5. The lowest BCUT2D eigenvalue weighted by atomic mass is 10.0. The van der Waals surface area contributed by atoms with Crippen LogP contribution in [0, 0.1) is 11.8 Å². The third kappa shape index (κ3) is 2.71. The Bertz CT molecular complexity index is 632. The van der Waals surface area contributed by atoms with Gasteiger partial charge in [0, 0.05) is 38.9 Å². The highest BCUT2D eigenvalue weighted by Crippen LogP contribution is 2.35. The van der Waals surface area contributed by atoms with Crippen LogP contribution < -0.4 is 4.90 Å². The average Bonchev–Trinajstić information content (AvgIpc) is 3.07. The molecule has 2 aliphatic heterocycles. The summed E-state index contributed by atoms with van der Waals surface area (Å²) in [6.45, 7) is 5.58. The number of aromatic nitrogens is 1. The van der Waals surface area contributed by atoms with E-state index >= 15 is 0 Å². The lowest BCUT2D eigenvalue weighted by Gasteiger charge is -2.22. The second kappa shape index (κ2) is 5.90. The number of rotatable bonds is 3. The Morgan fingerprint density at radius 3 is 2.36 bits per heavy atom. The molecule has 0 N–H and O–H groups in total. The Balaban J connectivity index is 1.40. The fraction of sp³-hybridized carbons (Fsp3) is 0.389. The van der Waals surface area contributed by atoms with Crippen LogP contribution in [-0.4, -0.2) is 36.1 Å². The summed E-state index contributed by atoms with van der Waals surface area (Å²) in [5, 5.41) is 0.767. The van der Waals surface area contributed by atoms with Gasteiger partial charge in [-0.25, -0.2) is 4.98 Å². The highest BCUT2D eigenvalue weighted by Gasteiger charge is 2.40. The first-order valence-electron chi connectivity index (χ1n) is 7.91. The van der Waals surface area contributed by atoms with Crippen LogP contribution in [0.25, 0.3) is 0 Å². The lowest BCUT2D eigenvalue weighted by Crippen LogP contribution is -2.29. The van der Waals surface area contributed by atoms with Crippen LogP contribution in [0.2, 0.25) is 5.02 Å². The van der Waals surface area contributed by atoms with Crippen LogP contribution in [0.4, 0.5) is 5.82 Å². The minimum absolute atomic E-state index is 0.738. The molecule has 2 aliphatic rings. The molecule has 2 saturated heterocycles. The van der Waals surface area contributed by atoms with Crippen molar-refractivity contribution in [3.05, 3.63) is 59.2 Å². The Kier molecular flexibility index (Phi) is 3.77. The van der Waals surface area contributed by atoms with Crippen LogP contribution in [0.15, 0.2) is 48.7 Å². The number of nitrogens with zero attached hydrogens (tertiary/aromatic N) is 3. The van der Waals surface area contributed by atoms with E-state index in [1.54, 1.807) is 0 Å². The fourth-order valence-corrected chi connectivity index (χ4v) is 4.09. The van der Waals surface area contributed by atoms with Crippen molar-refractivity contribution in [1.82, 2.24) is 9.88 Å². The molecule has 3 heterocycles. The van der Waals surface area contributed by atoms with Crippen molar-refractivity contribution in [2.75, 3.05) is 31.1 Å². The van der Waals surface area contributed by atoms with Gasteiger partial charge in [0.05, 0.1) is 5.02 Å². The van der Waals surface area contributed by atoms with E-state index in [2.05, 4.69) is 45.1 Å². The second-order valence-electron chi connectivity index (χ2n) is 6.41. The molecule has 22 heavy (non-hydrogen) atoms. The van der Waals surface area contributed by atoms with E-state index in [-0.39, 0.29) is 0 Å². The number of hydrogen-bond donors (Lipinski definition) is 0. The van der Waals surface area contributed by atoms with Gasteiger partial charge in [-0.3, -0.25) is 4.90 Å². The summed E-state index contributed by atoms with van der Waals surface area (Å²) in [6.07, 6.45) is 1.83. The van der Waals surface area contributed by atoms with Crippen molar-refractivity contribution in [2.45, 2.75) is 6.54 Å². The first-order valence-corrected chi connectivity index (χ1v) is 8.29. The van der Waals surface area contributed by atoms with Gasteiger partial charge >= 0.3 is 0 Å². The van der Waals surface area contributed by atoms with Crippen molar-refractivity contribution < 1.29 is 0 Å². The molecular formula is C18H20ClN3. The minimum Gasteiger partial charge on any atom is -0.355 e. The van der Waals surface area contributed by atoms with Crippen molar-refractivity contribution in [2.24, 2.45) is 11.8 Å². The van der Waals surface area contributed by atoms with E-state index in [9.17, 15) is 0 Å². The lowest BCUT2D eigenvalue weighted by molar-refractivity contribution is 0.309. The molecule has 0 aliphatic carbocycles. The molecule has 3 nitrogen and oxygen atoms in total. The largest absolute Gasteiger partial charge is 0.355 e. The van der Waals surface area contributed by atoms with Gasteiger partial charge in [-0.15, -0.1) is 0 Å². The topological polar surface area (TPSA) is 19.4 Å². The number of likely N-dealkylation sites (tertiary alicyclic amines) is 1. The second-order valence-corrected chi connectivity index (χ2v) is 6.82. The third-order valence-electron chi connectivity index (χ3n) is 4.85. The number of halogens is 1. The van der Waals surface area contributed by atoms with Crippen LogP contribution in [-0.2, 0) is 6.54 Å². The van der Waals surface area contributed by atoms with Gasteiger partial charge in [0.15, 0.2) is 0 Å². The van der Waals surface area contributed by atoms with E-state index in [0.29, 0.717) is 0 Å². The Hall–Kier alpha value is -1.58. The molecule has 1 aromatic carbocycles. The molecule has 2 atom stereocenters. The van der Waals surface area contributed by atoms with Gasteiger partial charge < -0.3 is 4.90 Å². The predicted molar refractivity (Wildman–Crippen MR) is 90.2 cm³/mol. The van der Waals surface area contributed by atoms with Crippen molar-refractivity contribution in [3.8, 4) is 0 Å². The van der Waals surface area contributed by atoms with Crippen molar-refractivity contribution in [3.63, 3.8) is 0 Å². The molecule has 2 aromatic rings. The van der Waals surface area contributed by atoms with Gasteiger partial charge in [-0.1, -0.05) is 41.9 Å². The normalized spacial score (nSPS) is 24.7. The van der Waals surface area contributed by atoms with E-state index < -0.39 is 0 Å². The smallest absolute Gasteiger partial charge is 0.147 e. The third-order valence-corrected chi connectivity index (χ3v) is 5.14. The van der Waals surface area contributed by atoms with Gasteiger partial charge in [0.25, 0.3) is 0 Å². The summed E-state index contributed by atoms with van der Waals surface area (Å²) in [5.74, 6) is 2.43. The van der Waals surface area contributed by atoms with Crippen LogP contribution in [0.3, 0.4) is 0 Å². The fourth-order valence-electron chi connectivity index (χ4n) is 3.84. The number of benzene rings is 1. The van der Waals surface area contributed by atoms with E-state index in [1.165, 1.54) is 18.7 Å². The summed E-state index contributed by atoms with van der Waals surface area (Å²) in [5.41, 5.74) is 1.41. The standard InChI is InChI=1S/C18H20ClN3/c19-17-7-4-8-20-18(17)22-12-15-10-21(11-16(15)13-22)9-14-5-2-1-3-6-14/h1-8,15-16H,9-13H2. The van der Waals surface area contributed by atoms with E-state index in [1.807, 2.05) is 18.3 Å². The van der Waals surface area contributed by atoms with E-state index in [4.69, 9.17) is 11.6 Å². The van der Waals surface area contributed by atoms with Crippen molar-refractivity contribution >= 4 is 17.4 Å². The maximum Gasteiger partial charge on any atom is 0.147 e. The monoisotopic (exact) mass is 313 g/mol. The molecule has 114 valence electrons. The first-order chi connectivity index (χ1) is 10.8. The van der Waals surface area contributed by atoms with Crippen molar-refractivity contribution in [1.29, 1.82) is 0 Å². The molecule has 0 saturated carbocycles. The van der Waals surface area contributed by atoms with Crippen LogP contribution in [0.1, 0.15) is 5.56 Å². The first kappa shape index (κ1) is 14.0. The summed E-state index contributed by atoms with van der Waals surface area (Å²) >= 11 is 6.28. The highest BCUT2D eigenvalue weighted by atomic mass is 35.5. The molecule has 0 spiro atoms. The maximum absolute atomic E-state index is 6.28. The minimum atomic E-state index is 0.738. The molecule has 0 amide bonds. The number of fused-ring (bicyclic) bond motifs is 1. The summed E-state index contributed by atoms with van der Waals surface area (Å²) < 4.78 is 0. The molecule has 2 unspecified atom stereocenters. The SMILES string of the molecule is Clc1cccnc1N1CC2CN(Cc3ccccc3)CC2C1. The molecule has 0 radical (unpaired) electrons. The molecule has 4 heteroatoms. The number of pyridine rings is 1. The zero-order valence-corrected chi connectivity index (χ0v) is 13.3. The van der Waals surface area contributed by atoms with Gasteiger partial charge in [0.1, 0.15) is 5.82 Å². The Labute approximate surface area is 136 Å². The van der Waals surface area contributed by atoms with Gasteiger partial charge in [-0.05, 0) is 29.5 Å². The summed E-state index contributed by atoms with van der Waals surface area (Å²) in [6, 6.07) is 14.6. The average molecular weight is 314 g/mol. The molecule has 4 rings (SSSR count). The summed E-state index contributed by atoms with van der Waals surface area (Å²) in [7, 11) is 0. The van der Waals surface area contributed by atoms with Crippen LogP contribution in [0.5, 0.6) is 0 Å². The number of hydrogen-bond acceptors (Lipinski definition) is 3. The predicted octanol–water partition coefficient (Wildman–Crippen LogP) is 3.30. The molecule has 1 aromatic heterocycles.